The molecular weight excluding hydrogens is 214 g/mol. The van der Waals surface area contributed by atoms with Crippen LogP contribution in [0.4, 0.5) is 0 Å². The van der Waals surface area contributed by atoms with E-state index < -0.39 is 0 Å². The predicted molar refractivity (Wildman–Crippen MR) is 48.6 cm³/mol. The third-order valence-corrected chi connectivity index (χ3v) is 2.17. The Hall–Kier alpha value is -2.18. The Morgan fingerprint density at radius 1 is 1.38 bits per heavy atom. The highest BCUT2D eigenvalue weighted by molar-refractivity contribution is 6.07. The molecule has 7 nitrogen and oxygen atoms in total. The lowest BCUT2D eigenvalue weighted by atomic mass is 10.1. The average Bonchev–Trinajstić information content (AvgIpc) is 2.84. The van der Waals surface area contributed by atoms with Gasteiger partial charge < -0.3 is 9.36 Å². The highest BCUT2D eigenvalue weighted by atomic mass is 16.8. The van der Waals surface area contributed by atoms with Crippen molar-refractivity contribution >= 4 is 5.78 Å². The van der Waals surface area contributed by atoms with Crippen molar-refractivity contribution in [2.24, 2.45) is 0 Å². The van der Waals surface area contributed by atoms with Gasteiger partial charge in [-0.1, -0.05) is 5.16 Å². The number of rotatable bonds is 3. The average molecular weight is 224 g/mol. The Morgan fingerprint density at radius 2 is 2.12 bits per heavy atom. The molecule has 0 N–H and O–H groups in total. The fraction of sp³-hybridized carbons (Fsp3) is 0.333. The molecule has 0 radical (unpaired) electrons. The maximum absolute atomic E-state index is 12.0. The van der Waals surface area contributed by atoms with Gasteiger partial charge in [0.1, 0.15) is 18.3 Å². The first-order valence-electron chi connectivity index (χ1n) is 4.54. The maximum Gasteiger partial charge on any atom is 0.323 e. The van der Waals surface area contributed by atoms with Crippen molar-refractivity contribution in [2.75, 3.05) is 7.11 Å². The van der Waals surface area contributed by atoms with Crippen molar-refractivity contribution in [3.8, 4) is 0 Å². The molecule has 84 valence electrons. The van der Waals surface area contributed by atoms with Crippen LogP contribution in [-0.2, 0) is 0 Å². The molecule has 0 aliphatic rings. The van der Waals surface area contributed by atoms with Crippen LogP contribution in [0, 0.1) is 13.8 Å². The summed E-state index contributed by atoms with van der Waals surface area (Å²) in [6.45, 7) is 3.38. The van der Waals surface area contributed by atoms with E-state index in [1.807, 2.05) is 0 Å². The van der Waals surface area contributed by atoms with Crippen LogP contribution >= 0.6 is 0 Å². The van der Waals surface area contributed by atoms with E-state index in [0.29, 0.717) is 11.3 Å². The van der Waals surface area contributed by atoms with Gasteiger partial charge in [-0.05, 0) is 11.6 Å². The van der Waals surface area contributed by atoms with E-state index in [1.165, 1.54) is 13.4 Å². The normalized spacial score (nSPS) is 10.4. The smallest absolute Gasteiger partial charge is 0.323 e. The monoisotopic (exact) mass is 224 g/mol. The third kappa shape index (κ3) is 1.46. The molecule has 2 rings (SSSR count). The molecule has 16 heavy (non-hydrogen) atoms. The highest BCUT2D eigenvalue weighted by Crippen LogP contribution is 2.11. The van der Waals surface area contributed by atoms with Gasteiger partial charge in [0.25, 0.3) is 11.5 Å². The van der Waals surface area contributed by atoms with E-state index in [4.69, 9.17) is 14.0 Å². The third-order valence-electron chi connectivity index (χ3n) is 2.17. The molecule has 0 aliphatic heterocycles. The van der Waals surface area contributed by atoms with E-state index in [2.05, 4.69) is 10.3 Å². The van der Waals surface area contributed by atoms with Crippen molar-refractivity contribution in [2.45, 2.75) is 13.8 Å². The number of hydrogen-bond acceptors (Lipinski definition) is 6. The molecule has 0 aliphatic carbocycles. The summed E-state index contributed by atoms with van der Waals surface area (Å²) in [5, 5.41) is 7.23. The molecular formula is C9H10N3O4+. The van der Waals surface area contributed by atoms with Crippen molar-refractivity contribution in [3.63, 3.8) is 0 Å². The summed E-state index contributed by atoms with van der Waals surface area (Å²) in [4.78, 5) is 17.8. The van der Waals surface area contributed by atoms with Crippen LogP contribution in [0.2, 0.25) is 0 Å². The molecule has 0 fully saturated rings. The van der Waals surface area contributed by atoms with Gasteiger partial charge in [0.05, 0.1) is 0 Å². The zero-order valence-electron chi connectivity index (χ0n) is 9.05. The van der Waals surface area contributed by atoms with Gasteiger partial charge in [-0.15, -0.1) is 0 Å². The molecule has 0 saturated carbocycles. The molecule has 0 amide bonds. The van der Waals surface area contributed by atoms with Gasteiger partial charge in [0.2, 0.25) is 0 Å². The Morgan fingerprint density at radius 3 is 2.62 bits per heavy atom. The second-order valence-electron chi connectivity index (χ2n) is 3.22. The zero-order chi connectivity index (χ0) is 11.7. The van der Waals surface area contributed by atoms with Gasteiger partial charge in [-0.3, -0.25) is 4.79 Å². The molecule has 2 aromatic rings. The summed E-state index contributed by atoms with van der Waals surface area (Å²) >= 11 is 0. The molecule has 0 unspecified atom stereocenters. The predicted octanol–water partition coefficient (Wildman–Crippen LogP) is -0.144. The van der Waals surface area contributed by atoms with Crippen LogP contribution in [0.1, 0.15) is 27.4 Å². The summed E-state index contributed by atoms with van der Waals surface area (Å²) < 4.78 is 9.46. The van der Waals surface area contributed by atoms with E-state index in [0.717, 1.165) is 4.90 Å². The minimum absolute atomic E-state index is 0.152. The Labute approximate surface area is 90.5 Å². The fourth-order valence-electron chi connectivity index (χ4n) is 1.29. The highest BCUT2D eigenvalue weighted by Gasteiger charge is 2.31. The Balaban J connectivity index is 2.42. The van der Waals surface area contributed by atoms with Gasteiger partial charge >= 0.3 is 5.69 Å². The standard InChI is InChI=1S/C9H10N3O4/c1-5-4-15-10-7(5)9(13)8-6(2)12(14-3)16-11-8/h4H,1-3H3/q+1. The van der Waals surface area contributed by atoms with E-state index in [9.17, 15) is 4.79 Å². The van der Waals surface area contributed by atoms with Crippen molar-refractivity contribution in [1.29, 1.82) is 0 Å². The lowest BCUT2D eigenvalue weighted by molar-refractivity contribution is -1.02. The van der Waals surface area contributed by atoms with E-state index in [1.54, 1.807) is 13.8 Å². The summed E-state index contributed by atoms with van der Waals surface area (Å²) in [5.41, 5.74) is 1.49. The molecule has 2 heterocycles. The summed E-state index contributed by atoms with van der Waals surface area (Å²) in [6, 6.07) is 0. The lowest BCUT2D eigenvalue weighted by Crippen LogP contribution is -2.41. The van der Waals surface area contributed by atoms with Crippen LogP contribution in [-0.4, -0.2) is 23.2 Å². The molecule has 2 aromatic heterocycles. The zero-order valence-corrected chi connectivity index (χ0v) is 9.05. The molecule has 0 spiro atoms. The van der Waals surface area contributed by atoms with Crippen LogP contribution in [0.3, 0.4) is 0 Å². The molecule has 0 saturated heterocycles. The molecule has 0 atom stereocenters. The number of ketones is 1. The minimum atomic E-state index is -0.358. The number of aryl methyl sites for hydroxylation is 1. The van der Waals surface area contributed by atoms with Gasteiger partial charge in [0, 0.05) is 12.5 Å². The summed E-state index contributed by atoms with van der Waals surface area (Å²) in [5.74, 6) is -0.358. The maximum atomic E-state index is 12.0. The Bertz CT molecular complexity index is 529. The molecule has 0 aromatic carbocycles. The number of aromatic nitrogens is 3. The van der Waals surface area contributed by atoms with Gasteiger partial charge in [-0.25, -0.2) is 0 Å². The second kappa shape index (κ2) is 3.76. The van der Waals surface area contributed by atoms with Crippen molar-refractivity contribution < 1.29 is 23.7 Å². The minimum Gasteiger partial charge on any atom is -0.364 e. The first-order valence-corrected chi connectivity index (χ1v) is 4.54. The quantitative estimate of drug-likeness (QED) is 0.674. The van der Waals surface area contributed by atoms with Crippen molar-refractivity contribution in [3.05, 3.63) is 28.9 Å². The lowest BCUT2D eigenvalue weighted by Gasteiger charge is -1.88. The summed E-state index contributed by atoms with van der Waals surface area (Å²) in [6.07, 6.45) is 1.40. The number of hydrogen-bond donors (Lipinski definition) is 0. The first-order chi connectivity index (χ1) is 7.65. The topological polar surface area (TPSA) is 82.2 Å². The fourth-order valence-corrected chi connectivity index (χ4v) is 1.29. The van der Waals surface area contributed by atoms with Crippen LogP contribution in [0.15, 0.2) is 15.4 Å². The number of carbonyl (C=O) groups excluding carboxylic acids is 1. The molecule has 0 bridgehead atoms. The Kier molecular flexibility index (Phi) is 2.43. The van der Waals surface area contributed by atoms with Crippen LogP contribution in [0.25, 0.3) is 0 Å². The first kappa shape index (κ1) is 10.3. The van der Waals surface area contributed by atoms with Crippen LogP contribution < -0.4 is 9.74 Å². The van der Waals surface area contributed by atoms with E-state index >= 15 is 0 Å². The van der Waals surface area contributed by atoms with Crippen LogP contribution in [0.5, 0.6) is 0 Å². The van der Waals surface area contributed by atoms with Gasteiger partial charge in [-0.2, -0.15) is 0 Å². The SMILES string of the molecule is CO[n+]1onc(C(=O)c2nocc2C)c1C. The van der Waals surface area contributed by atoms with Gasteiger partial charge in [0.15, 0.2) is 10.9 Å². The van der Waals surface area contributed by atoms with E-state index in [-0.39, 0.29) is 17.2 Å². The molecule has 7 heteroatoms. The number of carbonyl (C=O) groups is 1. The second-order valence-corrected chi connectivity index (χ2v) is 3.22. The van der Waals surface area contributed by atoms with Crippen molar-refractivity contribution in [1.82, 2.24) is 10.3 Å². The largest absolute Gasteiger partial charge is 0.364 e. The summed E-state index contributed by atoms with van der Waals surface area (Å²) in [7, 11) is 1.41. The number of nitrogens with zero attached hydrogens (tertiary/aromatic N) is 3.